The predicted octanol–water partition coefficient (Wildman–Crippen LogP) is 0.476. The van der Waals surface area contributed by atoms with Crippen molar-refractivity contribution in [2.75, 3.05) is 13.1 Å². The molecule has 0 fully saturated rings. The van der Waals surface area contributed by atoms with Crippen molar-refractivity contribution in [1.82, 2.24) is 24.6 Å². The molecule has 3 rings (SSSR count). The molecule has 3 heterocycles. The van der Waals surface area contributed by atoms with Gasteiger partial charge in [0.25, 0.3) is 5.56 Å². The first-order valence-electron chi connectivity index (χ1n) is 6.61. The highest BCUT2D eigenvalue weighted by Crippen LogP contribution is 2.14. The van der Waals surface area contributed by atoms with E-state index in [1.807, 2.05) is 13.2 Å². The summed E-state index contributed by atoms with van der Waals surface area (Å²) in [4.78, 5) is 17.0. The second-order valence-corrected chi connectivity index (χ2v) is 5.72. The van der Waals surface area contributed by atoms with Crippen molar-refractivity contribution in [3.05, 3.63) is 44.3 Å². The molecule has 0 saturated carbocycles. The Bertz CT molecular complexity index is 691. The maximum atomic E-state index is 12.5. The average Bonchev–Trinajstić information content (AvgIpc) is 2.64. The third kappa shape index (κ3) is 2.55. The summed E-state index contributed by atoms with van der Waals surface area (Å²) in [5, 5.41) is 7.52. The number of halogens is 1. The first-order valence-corrected chi connectivity index (χ1v) is 7.40. The number of aryl methyl sites for hydroxylation is 1. The van der Waals surface area contributed by atoms with Crippen LogP contribution >= 0.6 is 15.9 Å². The lowest BCUT2D eigenvalue weighted by atomic mass is 10.1. The molecule has 6 nitrogen and oxygen atoms in total. The minimum absolute atomic E-state index is 0.0643. The monoisotopic (exact) mass is 337 g/mol. The van der Waals surface area contributed by atoms with Crippen molar-refractivity contribution >= 4 is 15.9 Å². The maximum Gasteiger partial charge on any atom is 0.257 e. The molecule has 0 aliphatic carbocycles. The molecule has 20 heavy (non-hydrogen) atoms. The molecule has 0 radical (unpaired) electrons. The van der Waals surface area contributed by atoms with Gasteiger partial charge in [0.1, 0.15) is 4.60 Å². The minimum Gasteiger partial charge on any atom is -0.316 e. The summed E-state index contributed by atoms with van der Waals surface area (Å²) < 4.78 is 4.15. The van der Waals surface area contributed by atoms with E-state index in [2.05, 4.69) is 31.3 Å². The average molecular weight is 338 g/mol. The third-order valence-electron chi connectivity index (χ3n) is 3.50. The number of rotatable bonds is 2. The molecule has 0 aromatic carbocycles. The quantitative estimate of drug-likeness (QED) is 0.865. The van der Waals surface area contributed by atoms with Crippen LogP contribution in [0.1, 0.15) is 16.8 Å². The van der Waals surface area contributed by atoms with Crippen LogP contribution in [0.3, 0.4) is 0 Å². The molecular weight excluding hydrogens is 322 g/mol. The summed E-state index contributed by atoms with van der Waals surface area (Å²) in [5.74, 6) is 0. The van der Waals surface area contributed by atoms with Crippen molar-refractivity contribution < 1.29 is 0 Å². The Morgan fingerprint density at radius 3 is 2.95 bits per heavy atom. The molecule has 106 valence electrons. The number of hydrogen-bond acceptors (Lipinski definition) is 4. The molecule has 0 amide bonds. The lowest BCUT2D eigenvalue weighted by Crippen LogP contribution is -2.27. The maximum absolute atomic E-state index is 12.5. The second kappa shape index (κ2) is 5.49. The molecule has 0 saturated heterocycles. The van der Waals surface area contributed by atoms with Crippen LogP contribution in [0.5, 0.6) is 0 Å². The van der Waals surface area contributed by atoms with Gasteiger partial charge < -0.3 is 5.32 Å². The fraction of sp³-hybridized carbons (Fsp3) is 0.462. The van der Waals surface area contributed by atoms with Crippen LogP contribution in [0.4, 0.5) is 0 Å². The van der Waals surface area contributed by atoms with E-state index in [4.69, 9.17) is 0 Å². The molecule has 1 aliphatic heterocycles. The standard InChI is InChI=1S/C13H16BrN5O/c1-18-6-9(12(14)17-18)7-19-8-16-11-3-5-15-4-2-10(11)13(19)20/h6,8,15H,2-5,7H2,1H3. The highest BCUT2D eigenvalue weighted by molar-refractivity contribution is 9.10. The first kappa shape index (κ1) is 13.5. The highest BCUT2D eigenvalue weighted by Gasteiger charge is 2.15. The number of aromatic nitrogens is 4. The number of nitrogens with zero attached hydrogens (tertiary/aromatic N) is 4. The molecule has 2 aromatic heterocycles. The lowest BCUT2D eigenvalue weighted by molar-refractivity contribution is 0.703. The smallest absolute Gasteiger partial charge is 0.257 e. The molecular formula is C13H16BrN5O. The number of fused-ring (bicyclic) bond motifs is 1. The SMILES string of the molecule is Cn1cc(Cn2cnc3c(c2=O)CCNCC3)c(Br)n1. The van der Waals surface area contributed by atoms with Crippen LogP contribution in [-0.2, 0) is 26.4 Å². The molecule has 0 spiro atoms. The normalized spacial score (nSPS) is 14.9. The Labute approximate surface area is 125 Å². The van der Waals surface area contributed by atoms with Crippen molar-refractivity contribution in [2.45, 2.75) is 19.4 Å². The molecule has 1 N–H and O–H groups in total. The van der Waals surface area contributed by atoms with Crippen molar-refractivity contribution in [1.29, 1.82) is 0 Å². The molecule has 0 unspecified atom stereocenters. The Balaban J connectivity index is 1.97. The summed E-state index contributed by atoms with van der Waals surface area (Å²) in [7, 11) is 1.86. The highest BCUT2D eigenvalue weighted by atomic mass is 79.9. The molecule has 0 bridgehead atoms. The Hall–Kier alpha value is -1.47. The minimum atomic E-state index is 0.0643. The molecule has 2 aromatic rings. The Kier molecular flexibility index (Phi) is 3.71. The predicted molar refractivity (Wildman–Crippen MR) is 78.8 cm³/mol. The van der Waals surface area contributed by atoms with E-state index in [-0.39, 0.29) is 5.56 Å². The van der Waals surface area contributed by atoms with Gasteiger partial charge in [-0.25, -0.2) is 4.98 Å². The van der Waals surface area contributed by atoms with Crippen LogP contribution < -0.4 is 10.9 Å². The van der Waals surface area contributed by atoms with Gasteiger partial charge in [-0.2, -0.15) is 5.10 Å². The summed E-state index contributed by atoms with van der Waals surface area (Å²) in [5.41, 5.74) is 2.82. The fourth-order valence-corrected chi connectivity index (χ4v) is 2.97. The summed E-state index contributed by atoms with van der Waals surface area (Å²) >= 11 is 3.41. The van der Waals surface area contributed by atoms with Crippen LogP contribution in [0.2, 0.25) is 0 Å². The zero-order chi connectivity index (χ0) is 14.1. The van der Waals surface area contributed by atoms with Crippen LogP contribution in [0, 0.1) is 0 Å². The number of hydrogen-bond donors (Lipinski definition) is 1. The summed E-state index contributed by atoms with van der Waals surface area (Å²) in [6, 6.07) is 0. The van der Waals surface area contributed by atoms with Gasteiger partial charge in [0, 0.05) is 37.3 Å². The van der Waals surface area contributed by atoms with Gasteiger partial charge in [-0.3, -0.25) is 14.0 Å². The van der Waals surface area contributed by atoms with E-state index in [1.165, 1.54) is 0 Å². The first-order chi connectivity index (χ1) is 9.65. The summed E-state index contributed by atoms with van der Waals surface area (Å²) in [6.07, 6.45) is 5.12. The van der Waals surface area contributed by atoms with Gasteiger partial charge in [-0.05, 0) is 28.9 Å². The van der Waals surface area contributed by atoms with E-state index < -0.39 is 0 Å². The van der Waals surface area contributed by atoms with Crippen molar-refractivity contribution in [2.24, 2.45) is 7.05 Å². The zero-order valence-corrected chi connectivity index (χ0v) is 12.9. The van der Waals surface area contributed by atoms with Crippen molar-refractivity contribution in [3.63, 3.8) is 0 Å². The largest absolute Gasteiger partial charge is 0.316 e. The van der Waals surface area contributed by atoms with E-state index in [0.717, 1.165) is 47.4 Å². The molecule has 7 heteroatoms. The van der Waals surface area contributed by atoms with Gasteiger partial charge in [-0.15, -0.1) is 0 Å². The summed E-state index contributed by atoms with van der Waals surface area (Å²) in [6.45, 7) is 2.21. The van der Waals surface area contributed by atoms with E-state index >= 15 is 0 Å². The Morgan fingerprint density at radius 1 is 1.40 bits per heavy atom. The molecule has 1 aliphatic rings. The van der Waals surface area contributed by atoms with Gasteiger partial charge in [0.15, 0.2) is 0 Å². The fourth-order valence-electron chi connectivity index (χ4n) is 2.49. The van der Waals surface area contributed by atoms with E-state index in [9.17, 15) is 4.79 Å². The Morgan fingerprint density at radius 2 is 2.20 bits per heavy atom. The van der Waals surface area contributed by atoms with Gasteiger partial charge in [0.05, 0.1) is 18.6 Å². The number of nitrogens with one attached hydrogen (secondary N) is 1. The lowest BCUT2D eigenvalue weighted by Gasteiger charge is -2.09. The van der Waals surface area contributed by atoms with Gasteiger partial charge >= 0.3 is 0 Å². The van der Waals surface area contributed by atoms with E-state index in [1.54, 1.807) is 15.6 Å². The van der Waals surface area contributed by atoms with Crippen LogP contribution in [-0.4, -0.2) is 32.4 Å². The van der Waals surface area contributed by atoms with Crippen LogP contribution in [0.25, 0.3) is 0 Å². The van der Waals surface area contributed by atoms with Gasteiger partial charge in [-0.1, -0.05) is 0 Å². The second-order valence-electron chi connectivity index (χ2n) is 4.97. The van der Waals surface area contributed by atoms with Gasteiger partial charge in [0.2, 0.25) is 0 Å². The van der Waals surface area contributed by atoms with E-state index in [0.29, 0.717) is 6.54 Å². The van der Waals surface area contributed by atoms with Crippen molar-refractivity contribution in [3.8, 4) is 0 Å². The van der Waals surface area contributed by atoms with Crippen LogP contribution in [0.15, 0.2) is 21.9 Å². The molecule has 0 atom stereocenters. The topological polar surface area (TPSA) is 64.7 Å². The zero-order valence-electron chi connectivity index (χ0n) is 11.3. The third-order valence-corrected chi connectivity index (χ3v) is 4.17.